The average molecular weight is 354 g/mol. The molecule has 1 aromatic heterocycles. The van der Waals surface area contributed by atoms with E-state index in [4.69, 9.17) is 0 Å². The van der Waals surface area contributed by atoms with Crippen LogP contribution in [-0.2, 0) is 13.0 Å². The quantitative estimate of drug-likeness (QED) is 0.801. The molecule has 0 bridgehead atoms. The molecule has 1 fully saturated rings. The van der Waals surface area contributed by atoms with Crippen molar-refractivity contribution in [3.63, 3.8) is 0 Å². The van der Waals surface area contributed by atoms with Gasteiger partial charge in [0, 0.05) is 50.1 Å². The Morgan fingerprint density at radius 3 is 2.88 bits per heavy atom. The van der Waals surface area contributed by atoms with Crippen LogP contribution in [0.2, 0.25) is 0 Å². The van der Waals surface area contributed by atoms with Crippen LogP contribution in [0, 0.1) is 0 Å². The second-order valence-electron chi connectivity index (χ2n) is 7.38. The molecule has 5 nitrogen and oxygen atoms in total. The third kappa shape index (κ3) is 4.15. The SMILES string of the molecule is CCc1ccccc1C(=O)N1CCCC(c2nccn2CCN(C)C)C1. The lowest BCUT2D eigenvalue weighted by atomic mass is 9.95. The third-order valence-corrected chi connectivity index (χ3v) is 5.24. The van der Waals surface area contributed by atoms with Crippen molar-refractivity contribution in [3.05, 3.63) is 53.6 Å². The molecule has 3 rings (SSSR count). The lowest BCUT2D eigenvalue weighted by molar-refractivity contribution is 0.0702. The zero-order valence-corrected chi connectivity index (χ0v) is 16.2. The van der Waals surface area contributed by atoms with Crippen LogP contribution in [0.5, 0.6) is 0 Å². The Morgan fingerprint density at radius 1 is 1.31 bits per heavy atom. The van der Waals surface area contributed by atoms with E-state index in [1.54, 1.807) is 0 Å². The van der Waals surface area contributed by atoms with Gasteiger partial charge in [-0.2, -0.15) is 0 Å². The molecule has 1 aromatic carbocycles. The number of nitrogens with zero attached hydrogens (tertiary/aromatic N) is 4. The van der Waals surface area contributed by atoms with Gasteiger partial charge in [0.15, 0.2) is 0 Å². The first-order valence-corrected chi connectivity index (χ1v) is 9.63. The maximum Gasteiger partial charge on any atom is 0.254 e. The fraction of sp³-hybridized carbons (Fsp3) is 0.524. The molecule has 1 unspecified atom stereocenters. The molecule has 0 aliphatic carbocycles. The van der Waals surface area contributed by atoms with E-state index >= 15 is 0 Å². The van der Waals surface area contributed by atoms with Gasteiger partial charge in [-0.1, -0.05) is 25.1 Å². The van der Waals surface area contributed by atoms with Gasteiger partial charge < -0.3 is 14.4 Å². The van der Waals surface area contributed by atoms with Gasteiger partial charge in [0.2, 0.25) is 0 Å². The molecule has 1 atom stereocenters. The van der Waals surface area contributed by atoms with Gasteiger partial charge in [-0.25, -0.2) is 4.98 Å². The van der Waals surface area contributed by atoms with Crippen LogP contribution in [0.25, 0.3) is 0 Å². The lowest BCUT2D eigenvalue weighted by Crippen LogP contribution is -2.40. The number of aromatic nitrogens is 2. The van der Waals surface area contributed by atoms with Crippen LogP contribution in [0.1, 0.15) is 47.4 Å². The molecule has 1 aliphatic heterocycles. The molecule has 140 valence electrons. The Morgan fingerprint density at radius 2 is 2.12 bits per heavy atom. The summed E-state index contributed by atoms with van der Waals surface area (Å²) in [5.41, 5.74) is 1.98. The van der Waals surface area contributed by atoms with E-state index in [0.29, 0.717) is 5.92 Å². The van der Waals surface area contributed by atoms with Crippen LogP contribution in [0.15, 0.2) is 36.7 Å². The van der Waals surface area contributed by atoms with Crippen molar-refractivity contribution in [1.29, 1.82) is 0 Å². The van der Waals surface area contributed by atoms with E-state index in [1.807, 2.05) is 29.3 Å². The van der Waals surface area contributed by atoms with E-state index in [0.717, 1.165) is 62.4 Å². The smallest absolute Gasteiger partial charge is 0.254 e. The summed E-state index contributed by atoms with van der Waals surface area (Å²) < 4.78 is 2.25. The number of amides is 1. The van der Waals surface area contributed by atoms with E-state index < -0.39 is 0 Å². The Bertz CT molecular complexity index is 737. The largest absolute Gasteiger partial charge is 0.338 e. The molecule has 26 heavy (non-hydrogen) atoms. The number of likely N-dealkylation sites (N-methyl/N-ethyl adjacent to an activating group) is 1. The van der Waals surface area contributed by atoms with Gasteiger partial charge in [-0.15, -0.1) is 0 Å². The number of piperidine rings is 1. The number of carbonyl (C=O) groups excluding carboxylic acids is 1. The molecule has 0 spiro atoms. The summed E-state index contributed by atoms with van der Waals surface area (Å²) in [5.74, 6) is 1.60. The van der Waals surface area contributed by atoms with Crippen LogP contribution < -0.4 is 0 Å². The number of aryl methyl sites for hydroxylation is 1. The molecule has 1 aliphatic rings. The average Bonchev–Trinajstić information content (AvgIpc) is 3.14. The summed E-state index contributed by atoms with van der Waals surface area (Å²) in [4.78, 5) is 21.9. The van der Waals surface area contributed by atoms with Gasteiger partial charge in [0.05, 0.1) is 0 Å². The molecule has 1 saturated heterocycles. The number of imidazole rings is 1. The number of carbonyl (C=O) groups is 1. The predicted molar refractivity (Wildman–Crippen MR) is 104 cm³/mol. The fourth-order valence-corrected chi connectivity index (χ4v) is 3.76. The monoisotopic (exact) mass is 354 g/mol. The van der Waals surface area contributed by atoms with Crippen LogP contribution in [0.3, 0.4) is 0 Å². The Labute approximate surface area is 156 Å². The molecule has 0 saturated carbocycles. The maximum absolute atomic E-state index is 13.1. The zero-order valence-electron chi connectivity index (χ0n) is 16.2. The minimum atomic E-state index is 0.165. The Balaban J connectivity index is 1.74. The molecular weight excluding hydrogens is 324 g/mol. The molecule has 0 N–H and O–H groups in total. The molecule has 5 heteroatoms. The number of likely N-dealkylation sites (tertiary alicyclic amines) is 1. The standard InChI is InChI=1S/C21H30N4O/c1-4-17-8-5-6-10-19(17)21(26)25-12-7-9-18(16-25)20-22-11-13-24(20)15-14-23(2)3/h5-6,8,10-11,13,18H,4,7,9,12,14-16H2,1-3H3. The molecule has 0 radical (unpaired) electrons. The summed E-state index contributed by atoms with van der Waals surface area (Å²) in [6.07, 6.45) is 6.96. The minimum Gasteiger partial charge on any atom is -0.338 e. The van der Waals surface area contributed by atoms with Crippen molar-refractivity contribution in [3.8, 4) is 0 Å². The second kappa shape index (κ2) is 8.49. The van der Waals surface area contributed by atoms with Crippen LogP contribution in [-0.4, -0.2) is 59.0 Å². The van der Waals surface area contributed by atoms with E-state index in [9.17, 15) is 4.79 Å². The molecule has 2 heterocycles. The first-order valence-electron chi connectivity index (χ1n) is 9.63. The molecule has 1 amide bonds. The van der Waals surface area contributed by atoms with E-state index in [-0.39, 0.29) is 5.91 Å². The molecular formula is C21H30N4O. The third-order valence-electron chi connectivity index (χ3n) is 5.24. The summed E-state index contributed by atoms with van der Waals surface area (Å²) in [7, 11) is 4.17. The normalized spacial score (nSPS) is 17.7. The van der Waals surface area contributed by atoms with Crippen LogP contribution in [0.4, 0.5) is 0 Å². The molecule has 2 aromatic rings. The van der Waals surface area contributed by atoms with Crippen LogP contribution >= 0.6 is 0 Å². The van der Waals surface area contributed by atoms with Crippen molar-refractivity contribution in [2.45, 2.75) is 38.6 Å². The van der Waals surface area contributed by atoms with E-state index in [1.165, 1.54) is 0 Å². The topological polar surface area (TPSA) is 41.4 Å². The zero-order chi connectivity index (χ0) is 18.5. The van der Waals surface area contributed by atoms with Crippen molar-refractivity contribution in [2.75, 3.05) is 33.7 Å². The second-order valence-corrected chi connectivity index (χ2v) is 7.38. The van der Waals surface area contributed by atoms with Gasteiger partial charge in [0.25, 0.3) is 5.91 Å². The summed E-state index contributed by atoms with van der Waals surface area (Å²) in [6.45, 7) is 5.63. The number of hydrogen-bond acceptors (Lipinski definition) is 3. The first kappa shape index (κ1) is 18.6. The predicted octanol–water partition coefficient (Wildman–Crippen LogP) is 3.03. The van der Waals surface area contributed by atoms with Crippen molar-refractivity contribution >= 4 is 5.91 Å². The first-order chi connectivity index (χ1) is 12.6. The van der Waals surface area contributed by atoms with Crippen molar-refractivity contribution in [2.24, 2.45) is 0 Å². The highest BCUT2D eigenvalue weighted by Gasteiger charge is 2.28. The van der Waals surface area contributed by atoms with Gasteiger partial charge in [-0.3, -0.25) is 4.79 Å². The van der Waals surface area contributed by atoms with Crippen molar-refractivity contribution < 1.29 is 4.79 Å². The Hall–Kier alpha value is -2.14. The number of benzene rings is 1. The minimum absolute atomic E-state index is 0.165. The van der Waals surface area contributed by atoms with Gasteiger partial charge in [-0.05, 0) is 45.0 Å². The highest BCUT2D eigenvalue weighted by molar-refractivity contribution is 5.95. The fourth-order valence-electron chi connectivity index (χ4n) is 3.76. The van der Waals surface area contributed by atoms with Gasteiger partial charge >= 0.3 is 0 Å². The van der Waals surface area contributed by atoms with E-state index in [2.05, 4.69) is 47.7 Å². The summed E-state index contributed by atoms with van der Waals surface area (Å²) in [5, 5.41) is 0. The maximum atomic E-state index is 13.1. The highest BCUT2D eigenvalue weighted by Crippen LogP contribution is 2.27. The summed E-state index contributed by atoms with van der Waals surface area (Å²) >= 11 is 0. The Kier molecular flexibility index (Phi) is 6.09. The number of rotatable bonds is 6. The summed E-state index contributed by atoms with van der Waals surface area (Å²) in [6, 6.07) is 7.99. The highest BCUT2D eigenvalue weighted by atomic mass is 16.2. The van der Waals surface area contributed by atoms with Crippen molar-refractivity contribution in [1.82, 2.24) is 19.4 Å². The number of hydrogen-bond donors (Lipinski definition) is 0. The van der Waals surface area contributed by atoms with Gasteiger partial charge in [0.1, 0.15) is 5.82 Å². The lowest BCUT2D eigenvalue weighted by Gasteiger charge is -2.33.